The van der Waals surface area contributed by atoms with E-state index < -0.39 is 0 Å². The zero-order chi connectivity index (χ0) is 10.2. The molecule has 2 aromatic rings. The van der Waals surface area contributed by atoms with E-state index in [2.05, 4.69) is 62.4 Å². The number of hydrogen-bond donors (Lipinski definition) is 0. The first-order valence-electron chi connectivity index (χ1n) is 5.11. The van der Waals surface area contributed by atoms with Gasteiger partial charge in [0, 0.05) is 0 Å². The molecule has 0 radical (unpaired) electrons. The minimum absolute atomic E-state index is 0. The molecule has 0 bridgehead atoms. The summed E-state index contributed by atoms with van der Waals surface area (Å²) < 4.78 is 0. The number of unbranched alkanes of at least 4 members (excludes halogenated alkanes) is 1. The van der Waals surface area contributed by atoms with Gasteiger partial charge in [-0.2, -0.15) is 6.42 Å². The molecule has 0 aliphatic carbocycles. The molecule has 0 aliphatic heterocycles. The molecule has 0 nitrogen and oxygen atoms in total. The summed E-state index contributed by atoms with van der Waals surface area (Å²) in [5, 5.41) is 2.62. The Hall–Kier alpha value is -0.300. The van der Waals surface area contributed by atoms with E-state index >= 15 is 0 Å². The van der Waals surface area contributed by atoms with Crippen LogP contribution in [0.4, 0.5) is 0 Å². The maximum absolute atomic E-state index is 3.60. The van der Waals surface area contributed by atoms with Crippen LogP contribution in [0.15, 0.2) is 48.5 Å². The molecule has 0 atom stereocenters. The van der Waals surface area contributed by atoms with Crippen LogP contribution in [0.5, 0.6) is 0 Å². The predicted molar refractivity (Wildman–Crippen MR) is 64.2 cm³/mol. The molecular weight excluding hydrogens is 191 g/mol. The van der Waals surface area contributed by atoms with Crippen LogP contribution in [0.1, 0.15) is 19.8 Å². The first-order valence-corrected chi connectivity index (χ1v) is 5.11. The average molecular weight is 208 g/mol. The van der Waals surface area contributed by atoms with E-state index in [0.717, 1.165) is 6.42 Å². The molecule has 74 valence electrons. The smallest absolute Gasteiger partial charge is 0.343 e. The molecule has 1 heteroatoms. The summed E-state index contributed by atoms with van der Waals surface area (Å²) in [6, 6.07) is 16.7. The quantitative estimate of drug-likeness (QED) is 0.492. The van der Waals surface area contributed by atoms with Crippen molar-refractivity contribution in [2.75, 3.05) is 0 Å². The maximum atomic E-state index is 3.60. The topological polar surface area (TPSA) is 0 Å². The van der Waals surface area contributed by atoms with Crippen molar-refractivity contribution < 1.29 is 29.6 Å². The molecule has 0 saturated carbocycles. The van der Waals surface area contributed by atoms with Gasteiger partial charge in [-0.05, 0) is 10.8 Å². The van der Waals surface area contributed by atoms with Gasteiger partial charge in [-0.1, -0.05) is 61.9 Å². The Morgan fingerprint density at radius 1 is 0.867 bits per heavy atom. The molecule has 15 heavy (non-hydrogen) atoms. The van der Waals surface area contributed by atoms with Crippen molar-refractivity contribution in [2.45, 2.75) is 19.8 Å². The Bertz CT molecular complexity index is 301. The molecular formula is C14H17Na. The van der Waals surface area contributed by atoms with E-state index in [0.29, 0.717) is 0 Å². The normalized spacial score (nSPS) is 8.67. The zero-order valence-corrected chi connectivity index (χ0v) is 11.7. The van der Waals surface area contributed by atoms with Gasteiger partial charge in [-0.25, -0.2) is 0 Å². The van der Waals surface area contributed by atoms with Gasteiger partial charge < -0.3 is 6.92 Å². The molecule has 2 rings (SSSR count). The van der Waals surface area contributed by atoms with Crippen LogP contribution in [-0.2, 0) is 0 Å². The number of fused-ring (bicyclic) bond motifs is 1. The average Bonchev–Trinajstić information content (AvgIpc) is 2.30. The number of hydrogen-bond acceptors (Lipinski definition) is 0. The van der Waals surface area contributed by atoms with Gasteiger partial charge in [0.15, 0.2) is 0 Å². The van der Waals surface area contributed by atoms with Crippen LogP contribution >= 0.6 is 0 Å². The van der Waals surface area contributed by atoms with Gasteiger partial charge in [-0.3, -0.25) is 0 Å². The van der Waals surface area contributed by atoms with E-state index in [1.165, 1.54) is 17.2 Å². The standard InChI is InChI=1S/C10H8.C4H9.Na/c1-2-6-10-8-4-3-7-9(10)5-1;1-3-4-2;/h1-8H;1,3-4H2,2H3;/q;-1;+1. The van der Waals surface area contributed by atoms with Crippen molar-refractivity contribution in [1.82, 2.24) is 0 Å². The van der Waals surface area contributed by atoms with E-state index in [4.69, 9.17) is 0 Å². The minimum atomic E-state index is 0. The Morgan fingerprint density at radius 2 is 1.13 bits per heavy atom. The molecule has 0 heterocycles. The van der Waals surface area contributed by atoms with E-state index in [1.54, 1.807) is 0 Å². The number of rotatable bonds is 1. The zero-order valence-electron chi connectivity index (χ0n) is 9.74. The van der Waals surface area contributed by atoms with E-state index in [9.17, 15) is 0 Å². The van der Waals surface area contributed by atoms with Gasteiger partial charge in [0.2, 0.25) is 0 Å². The van der Waals surface area contributed by atoms with E-state index in [-0.39, 0.29) is 29.6 Å². The summed E-state index contributed by atoms with van der Waals surface area (Å²) in [6.07, 6.45) is 2.28. The molecule has 0 aliphatic rings. The van der Waals surface area contributed by atoms with Crippen molar-refractivity contribution in [2.24, 2.45) is 0 Å². The van der Waals surface area contributed by atoms with Crippen LogP contribution in [0.3, 0.4) is 0 Å². The van der Waals surface area contributed by atoms with Gasteiger partial charge in [-0.15, -0.1) is 0 Å². The third kappa shape index (κ3) is 5.36. The molecule has 0 aromatic heterocycles. The fourth-order valence-corrected chi connectivity index (χ4v) is 1.13. The van der Waals surface area contributed by atoms with Crippen LogP contribution in [0, 0.1) is 6.92 Å². The summed E-state index contributed by atoms with van der Waals surface area (Å²) in [6.45, 7) is 5.72. The largest absolute Gasteiger partial charge is 1.00 e. The monoisotopic (exact) mass is 208 g/mol. The van der Waals surface area contributed by atoms with Gasteiger partial charge >= 0.3 is 29.6 Å². The summed E-state index contributed by atoms with van der Waals surface area (Å²) in [5.74, 6) is 0. The second kappa shape index (κ2) is 8.96. The molecule has 0 fully saturated rings. The summed E-state index contributed by atoms with van der Waals surface area (Å²) in [4.78, 5) is 0. The van der Waals surface area contributed by atoms with Gasteiger partial charge in [0.1, 0.15) is 0 Å². The minimum Gasteiger partial charge on any atom is -0.343 e. The number of benzene rings is 2. The Morgan fingerprint density at radius 3 is 1.33 bits per heavy atom. The Balaban J connectivity index is 0.000000346. The Kier molecular flexibility index (Phi) is 8.79. The van der Waals surface area contributed by atoms with Crippen LogP contribution < -0.4 is 29.6 Å². The van der Waals surface area contributed by atoms with Crippen molar-refractivity contribution in [3.05, 3.63) is 55.5 Å². The first-order chi connectivity index (χ1) is 6.88. The van der Waals surface area contributed by atoms with Crippen molar-refractivity contribution in [3.8, 4) is 0 Å². The third-order valence-electron chi connectivity index (χ3n) is 2.01. The molecule has 0 N–H and O–H groups in total. The van der Waals surface area contributed by atoms with E-state index in [1.807, 2.05) is 0 Å². The third-order valence-corrected chi connectivity index (χ3v) is 2.01. The fourth-order valence-electron chi connectivity index (χ4n) is 1.13. The molecule has 0 amide bonds. The van der Waals surface area contributed by atoms with Crippen molar-refractivity contribution >= 4 is 10.8 Å². The molecule has 0 saturated heterocycles. The van der Waals surface area contributed by atoms with Crippen LogP contribution in [-0.4, -0.2) is 0 Å². The van der Waals surface area contributed by atoms with Crippen LogP contribution in [0.2, 0.25) is 0 Å². The second-order valence-electron chi connectivity index (χ2n) is 3.20. The van der Waals surface area contributed by atoms with Gasteiger partial charge in [0.05, 0.1) is 0 Å². The molecule has 2 aromatic carbocycles. The fraction of sp³-hybridized carbons (Fsp3) is 0.214. The van der Waals surface area contributed by atoms with Crippen LogP contribution in [0.25, 0.3) is 10.8 Å². The SMILES string of the molecule is [CH2-]CCC.[Na+].c1ccc2ccccc2c1. The summed E-state index contributed by atoms with van der Waals surface area (Å²) in [5.41, 5.74) is 0. The maximum Gasteiger partial charge on any atom is 1.00 e. The summed E-state index contributed by atoms with van der Waals surface area (Å²) in [7, 11) is 0. The second-order valence-corrected chi connectivity index (χ2v) is 3.20. The molecule has 0 spiro atoms. The van der Waals surface area contributed by atoms with Crippen molar-refractivity contribution in [3.63, 3.8) is 0 Å². The predicted octanol–water partition coefficient (Wildman–Crippen LogP) is 1.46. The van der Waals surface area contributed by atoms with Crippen molar-refractivity contribution in [1.29, 1.82) is 0 Å². The first kappa shape index (κ1) is 14.7. The van der Waals surface area contributed by atoms with Gasteiger partial charge in [0.25, 0.3) is 0 Å². The molecule has 0 unspecified atom stereocenters. The Labute approximate surface area is 115 Å². The summed E-state index contributed by atoms with van der Waals surface area (Å²) >= 11 is 0.